The first-order valence-electron chi connectivity index (χ1n) is 5.62. The van der Waals surface area contributed by atoms with E-state index >= 15 is 0 Å². The highest BCUT2D eigenvalue weighted by Gasteiger charge is 2.13. The quantitative estimate of drug-likeness (QED) is 0.765. The van der Waals surface area contributed by atoms with E-state index in [0.717, 1.165) is 9.13 Å². The number of hydrogen-bond donors (Lipinski definition) is 1. The predicted octanol–water partition coefficient (Wildman–Crippen LogP) is 4.47. The van der Waals surface area contributed by atoms with Crippen molar-refractivity contribution in [1.29, 1.82) is 0 Å². The molecule has 0 amide bonds. The Balaban J connectivity index is 2.25. The van der Waals surface area contributed by atoms with Crippen LogP contribution in [0.15, 0.2) is 36.4 Å². The fraction of sp³-hybridized carbons (Fsp3) is 0.143. The van der Waals surface area contributed by atoms with Crippen LogP contribution in [0.5, 0.6) is 0 Å². The van der Waals surface area contributed by atoms with Crippen LogP contribution in [0, 0.1) is 15.2 Å². The number of benzene rings is 2. The number of nitrogens with two attached hydrogens (primary N) is 1. The number of hydrogen-bond acceptors (Lipinski definition) is 1. The van der Waals surface area contributed by atoms with Gasteiger partial charge in [0.1, 0.15) is 11.6 Å². The SMILES string of the molecule is NC(Cc1cc(F)ccc1Cl)c1ccc(F)cc1I. The Hall–Kier alpha value is -0.720. The van der Waals surface area contributed by atoms with Gasteiger partial charge in [0.15, 0.2) is 0 Å². The van der Waals surface area contributed by atoms with Crippen molar-refractivity contribution in [3.8, 4) is 0 Å². The van der Waals surface area contributed by atoms with Crippen LogP contribution in [0.25, 0.3) is 0 Å². The van der Waals surface area contributed by atoms with E-state index < -0.39 is 0 Å². The summed E-state index contributed by atoms with van der Waals surface area (Å²) in [7, 11) is 0. The van der Waals surface area contributed by atoms with Crippen LogP contribution >= 0.6 is 34.2 Å². The zero-order chi connectivity index (χ0) is 14.0. The van der Waals surface area contributed by atoms with E-state index in [1.54, 1.807) is 6.07 Å². The lowest BCUT2D eigenvalue weighted by Gasteiger charge is -2.15. The van der Waals surface area contributed by atoms with Crippen molar-refractivity contribution in [3.63, 3.8) is 0 Å². The topological polar surface area (TPSA) is 26.0 Å². The summed E-state index contributed by atoms with van der Waals surface area (Å²) in [5, 5.41) is 0.481. The molecule has 100 valence electrons. The van der Waals surface area contributed by atoms with Gasteiger partial charge in [-0.1, -0.05) is 17.7 Å². The number of halogens is 4. The van der Waals surface area contributed by atoms with E-state index in [4.69, 9.17) is 17.3 Å². The van der Waals surface area contributed by atoms with Gasteiger partial charge < -0.3 is 5.73 Å². The first-order valence-corrected chi connectivity index (χ1v) is 7.07. The summed E-state index contributed by atoms with van der Waals surface area (Å²) in [5.74, 6) is -0.649. The molecule has 0 saturated carbocycles. The molecule has 0 bridgehead atoms. The fourth-order valence-electron chi connectivity index (χ4n) is 1.85. The lowest BCUT2D eigenvalue weighted by Crippen LogP contribution is -2.15. The first-order chi connectivity index (χ1) is 8.97. The van der Waals surface area contributed by atoms with E-state index in [-0.39, 0.29) is 17.7 Å². The van der Waals surface area contributed by atoms with Gasteiger partial charge in [0.2, 0.25) is 0 Å². The molecule has 2 rings (SSSR count). The van der Waals surface area contributed by atoms with Gasteiger partial charge in [-0.2, -0.15) is 0 Å². The molecule has 0 spiro atoms. The minimum atomic E-state index is -0.355. The second-order valence-corrected chi connectivity index (χ2v) is 5.78. The maximum atomic E-state index is 13.2. The van der Waals surface area contributed by atoms with Crippen molar-refractivity contribution in [2.75, 3.05) is 0 Å². The summed E-state index contributed by atoms with van der Waals surface area (Å²) >= 11 is 8.04. The van der Waals surface area contributed by atoms with Crippen molar-refractivity contribution in [1.82, 2.24) is 0 Å². The normalized spacial score (nSPS) is 12.5. The Morgan fingerprint density at radius 1 is 1.11 bits per heavy atom. The summed E-state index contributed by atoms with van der Waals surface area (Å²) in [6.45, 7) is 0. The minimum Gasteiger partial charge on any atom is -0.324 e. The molecule has 19 heavy (non-hydrogen) atoms. The molecule has 0 aromatic heterocycles. The highest BCUT2D eigenvalue weighted by atomic mass is 127. The highest BCUT2D eigenvalue weighted by Crippen LogP contribution is 2.26. The molecule has 2 N–H and O–H groups in total. The second kappa shape index (κ2) is 6.15. The number of rotatable bonds is 3. The molecule has 0 fully saturated rings. The van der Waals surface area contributed by atoms with Gasteiger partial charge in [-0.3, -0.25) is 0 Å². The largest absolute Gasteiger partial charge is 0.324 e. The molecule has 0 aliphatic heterocycles. The van der Waals surface area contributed by atoms with E-state index in [0.29, 0.717) is 17.0 Å². The molecular formula is C14H11ClF2IN. The molecule has 1 nitrogen and oxygen atoms in total. The standard InChI is InChI=1S/C14H11ClF2IN/c15-12-4-2-9(16)5-8(12)6-14(19)11-3-1-10(17)7-13(11)18/h1-5,7,14H,6,19H2. The third kappa shape index (κ3) is 3.64. The van der Waals surface area contributed by atoms with Gasteiger partial charge in [0, 0.05) is 14.6 Å². The molecule has 0 saturated heterocycles. The molecule has 5 heteroatoms. The fourth-order valence-corrected chi connectivity index (χ4v) is 2.92. The lowest BCUT2D eigenvalue weighted by atomic mass is 9.99. The van der Waals surface area contributed by atoms with Crippen LogP contribution in [-0.2, 0) is 6.42 Å². The van der Waals surface area contributed by atoms with Crippen LogP contribution < -0.4 is 5.73 Å². The van der Waals surface area contributed by atoms with E-state index in [1.807, 2.05) is 22.6 Å². The Morgan fingerprint density at radius 3 is 2.42 bits per heavy atom. The summed E-state index contributed by atoms with van der Waals surface area (Å²) in [6, 6.07) is 8.26. The molecule has 1 unspecified atom stereocenters. The Labute approximate surface area is 128 Å². The average Bonchev–Trinajstić information content (AvgIpc) is 2.33. The van der Waals surface area contributed by atoms with Gasteiger partial charge in [-0.05, 0) is 70.5 Å². The van der Waals surface area contributed by atoms with Gasteiger partial charge in [0.05, 0.1) is 0 Å². The van der Waals surface area contributed by atoms with Gasteiger partial charge in [-0.15, -0.1) is 0 Å². The molecule has 0 heterocycles. The Kier molecular flexibility index (Phi) is 4.76. The summed E-state index contributed by atoms with van der Waals surface area (Å²) in [6.07, 6.45) is 0.401. The van der Waals surface area contributed by atoms with E-state index in [1.165, 1.54) is 30.3 Å². The van der Waals surface area contributed by atoms with Gasteiger partial charge in [0.25, 0.3) is 0 Å². The second-order valence-electron chi connectivity index (χ2n) is 4.21. The minimum absolute atomic E-state index is 0.302. The summed E-state index contributed by atoms with van der Waals surface area (Å²) in [4.78, 5) is 0. The average molecular weight is 394 g/mol. The summed E-state index contributed by atoms with van der Waals surface area (Å²) < 4.78 is 27.0. The first kappa shape index (κ1) is 14.7. The third-order valence-electron chi connectivity index (χ3n) is 2.81. The molecule has 1 atom stereocenters. The zero-order valence-corrected chi connectivity index (χ0v) is 12.8. The summed E-state index contributed by atoms with van der Waals surface area (Å²) in [5.41, 5.74) is 7.56. The van der Waals surface area contributed by atoms with Crippen molar-refractivity contribution in [2.45, 2.75) is 12.5 Å². The van der Waals surface area contributed by atoms with Crippen molar-refractivity contribution < 1.29 is 8.78 Å². The molecule has 0 aliphatic carbocycles. The molecule has 2 aromatic carbocycles. The van der Waals surface area contributed by atoms with Crippen molar-refractivity contribution >= 4 is 34.2 Å². The molecule has 0 aliphatic rings. The third-order valence-corrected chi connectivity index (χ3v) is 4.11. The highest BCUT2D eigenvalue weighted by molar-refractivity contribution is 14.1. The van der Waals surface area contributed by atoms with Crippen LogP contribution in [0.3, 0.4) is 0 Å². The van der Waals surface area contributed by atoms with Crippen molar-refractivity contribution in [3.05, 3.63) is 67.8 Å². The smallest absolute Gasteiger partial charge is 0.124 e. The Morgan fingerprint density at radius 2 is 1.74 bits per heavy atom. The predicted molar refractivity (Wildman–Crippen MR) is 81.2 cm³/mol. The molecular weight excluding hydrogens is 383 g/mol. The lowest BCUT2D eigenvalue weighted by molar-refractivity contribution is 0.618. The van der Waals surface area contributed by atoms with Crippen LogP contribution in [0.2, 0.25) is 5.02 Å². The van der Waals surface area contributed by atoms with E-state index in [9.17, 15) is 8.78 Å². The van der Waals surface area contributed by atoms with Crippen LogP contribution in [0.1, 0.15) is 17.2 Å². The van der Waals surface area contributed by atoms with Gasteiger partial charge >= 0.3 is 0 Å². The molecule has 2 aromatic rings. The van der Waals surface area contributed by atoms with Crippen LogP contribution in [-0.4, -0.2) is 0 Å². The van der Waals surface area contributed by atoms with E-state index in [2.05, 4.69) is 0 Å². The molecule has 0 radical (unpaired) electrons. The zero-order valence-electron chi connectivity index (χ0n) is 9.84. The van der Waals surface area contributed by atoms with Gasteiger partial charge in [-0.25, -0.2) is 8.78 Å². The van der Waals surface area contributed by atoms with Crippen molar-refractivity contribution in [2.24, 2.45) is 5.73 Å². The monoisotopic (exact) mass is 393 g/mol. The Bertz CT molecular complexity index is 604. The maximum Gasteiger partial charge on any atom is 0.124 e. The maximum absolute atomic E-state index is 13.2. The van der Waals surface area contributed by atoms with Crippen LogP contribution in [0.4, 0.5) is 8.78 Å².